The van der Waals surface area contributed by atoms with Crippen LogP contribution in [0.15, 0.2) is 0 Å². The van der Waals surface area contributed by atoms with Crippen LogP contribution < -0.4 is 5.32 Å². The third kappa shape index (κ3) is 5.06. The van der Waals surface area contributed by atoms with Gasteiger partial charge in [-0.25, -0.2) is 0 Å². The first-order valence-electron chi connectivity index (χ1n) is 4.42. The van der Waals surface area contributed by atoms with Crippen molar-refractivity contribution in [1.82, 2.24) is 10.2 Å². The maximum Gasteiger partial charge on any atom is 0.0243 e. The van der Waals surface area contributed by atoms with Gasteiger partial charge in [0.2, 0.25) is 0 Å². The zero-order valence-corrected chi connectivity index (χ0v) is 10.6. The van der Waals surface area contributed by atoms with Gasteiger partial charge in [0, 0.05) is 25.7 Å². The number of nitrogens with one attached hydrogen (secondary N) is 1. The van der Waals surface area contributed by atoms with Gasteiger partial charge in [0.25, 0.3) is 0 Å². The Labute approximate surface area is 94.3 Å². The lowest BCUT2D eigenvalue weighted by atomic mass is 9.85. The molecule has 2 nitrogen and oxygen atoms in total. The Morgan fingerprint density at radius 1 is 1.23 bits per heavy atom. The lowest BCUT2D eigenvalue weighted by Gasteiger charge is -2.38. The second-order valence-electron chi connectivity index (χ2n) is 4.63. The summed E-state index contributed by atoms with van der Waals surface area (Å²) >= 11 is 0. The minimum Gasteiger partial charge on any atom is -0.311 e. The molecule has 0 saturated carbocycles. The zero-order valence-electron chi connectivity index (χ0n) is 8.96. The van der Waals surface area contributed by atoms with E-state index in [0.717, 1.165) is 6.54 Å². The standard InChI is InChI=1S/C9H20N2.2ClH/c1-9(2,3)8-7-11(4)6-5-10-8;;/h8,10H,5-7H2,1-4H3;2*1H. The summed E-state index contributed by atoms with van der Waals surface area (Å²) in [5, 5.41) is 3.55. The number of nitrogens with zero attached hydrogens (tertiary/aromatic N) is 1. The lowest BCUT2D eigenvalue weighted by Crippen LogP contribution is -2.54. The Morgan fingerprint density at radius 3 is 2.08 bits per heavy atom. The summed E-state index contributed by atoms with van der Waals surface area (Å²) in [6.45, 7) is 10.4. The molecule has 1 rings (SSSR count). The molecule has 1 N–H and O–H groups in total. The third-order valence-electron chi connectivity index (χ3n) is 2.42. The van der Waals surface area contributed by atoms with Crippen molar-refractivity contribution < 1.29 is 0 Å². The molecule has 13 heavy (non-hydrogen) atoms. The SMILES string of the molecule is CN1CCNC(C(C)(C)C)C1.Cl.Cl. The molecule has 1 aliphatic rings. The number of rotatable bonds is 0. The van der Waals surface area contributed by atoms with Crippen molar-refractivity contribution >= 4 is 24.8 Å². The molecule has 0 aromatic heterocycles. The molecule has 0 aromatic carbocycles. The highest BCUT2D eigenvalue weighted by Crippen LogP contribution is 2.20. The van der Waals surface area contributed by atoms with Crippen LogP contribution in [0.25, 0.3) is 0 Å². The maximum atomic E-state index is 3.55. The highest BCUT2D eigenvalue weighted by Gasteiger charge is 2.27. The summed E-state index contributed by atoms with van der Waals surface area (Å²) in [5.41, 5.74) is 0.398. The molecule has 1 saturated heterocycles. The quantitative estimate of drug-likeness (QED) is 0.681. The Kier molecular flexibility index (Phi) is 7.45. The van der Waals surface area contributed by atoms with Crippen molar-refractivity contribution in [2.24, 2.45) is 5.41 Å². The van der Waals surface area contributed by atoms with Gasteiger partial charge in [-0.05, 0) is 12.5 Å². The summed E-state index contributed by atoms with van der Waals surface area (Å²) in [7, 11) is 2.19. The van der Waals surface area contributed by atoms with Gasteiger partial charge in [0.1, 0.15) is 0 Å². The molecule has 82 valence electrons. The number of hydrogen-bond acceptors (Lipinski definition) is 2. The van der Waals surface area contributed by atoms with Gasteiger partial charge in [0.15, 0.2) is 0 Å². The lowest BCUT2D eigenvalue weighted by molar-refractivity contribution is 0.156. The van der Waals surface area contributed by atoms with Gasteiger partial charge in [-0.2, -0.15) is 0 Å². The number of halogens is 2. The van der Waals surface area contributed by atoms with Gasteiger partial charge in [-0.3, -0.25) is 0 Å². The molecule has 1 unspecified atom stereocenters. The van der Waals surface area contributed by atoms with Crippen LogP contribution in [0.5, 0.6) is 0 Å². The number of likely N-dealkylation sites (N-methyl/N-ethyl adjacent to an activating group) is 1. The monoisotopic (exact) mass is 228 g/mol. The molecule has 0 aliphatic carbocycles. The van der Waals surface area contributed by atoms with E-state index in [-0.39, 0.29) is 24.8 Å². The van der Waals surface area contributed by atoms with Crippen LogP contribution >= 0.6 is 24.8 Å². The van der Waals surface area contributed by atoms with E-state index in [0.29, 0.717) is 11.5 Å². The summed E-state index contributed by atoms with van der Waals surface area (Å²) in [4.78, 5) is 2.40. The van der Waals surface area contributed by atoms with Crippen molar-refractivity contribution in [3.63, 3.8) is 0 Å². The van der Waals surface area contributed by atoms with Crippen LogP contribution in [-0.2, 0) is 0 Å². The zero-order chi connectivity index (χ0) is 8.48. The number of piperazine rings is 1. The third-order valence-corrected chi connectivity index (χ3v) is 2.42. The maximum absolute atomic E-state index is 3.55. The Morgan fingerprint density at radius 2 is 1.77 bits per heavy atom. The molecule has 4 heteroatoms. The predicted octanol–water partition coefficient (Wildman–Crippen LogP) is 1.78. The minimum absolute atomic E-state index is 0. The molecule has 0 radical (unpaired) electrons. The molecule has 1 fully saturated rings. The fourth-order valence-corrected chi connectivity index (χ4v) is 1.48. The fourth-order valence-electron chi connectivity index (χ4n) is 1.48. The highest BCUT2D eigenvalue weighted by atomic mass is 35.5. The van der Waals surface area contributed by atoms with E-state index in [4.69, 9.17) is 0 Å². The van der Waals surface area contributed by atoms with Crippen LogP contribution in [0, 0.1) is 5.41 Å². The Balaban J connectivity index is 0. The van der Waals surface area contributed by atoms with Crippen molar-refractivity contribution in [1.29, 1.82) is 0 Å². The topological polar surface area (TPSA) is 15.3 Å². The second-order valence-corrected chi connectivity index (χ2v) is 4.63. The molecule has 0 spiro atoms. The molecular weight excluding hydrogens is 207 g/mol. The molecule has 1 atom stereocenters. The van der Waals surface area contributed by atoms with Gasteiger partial charge in [-0.1, -0.05) is 20.8 Å². The van der Waals surface area contributed by atoms with E-state index in [1.165, 1.54) is 13.1 Å². The smallest absolute Gasteiger partial charge is 0.0243 e. The van der Waals surface area contributed by atoms with E-state index >= 15 is 0 Å². The molecule has 0 amide bonds. The largest absolute Gasteiger partial charge is 0.311 e. The van der Waals surface area contributed by atoms with Crippen molar-refractivity contribution in [2.45, 2.75) is 26.8 Å². The van der Waals surface area contributed by atoms with Crippen LogP contribution in [0.3, 0.4) is 0 Å². The summed E-state index contributed by atoms with van der Waals surface area (Å²) in [6, 6.07) is 0.654. The molecule has 0 aromatic rings. The van der Waals surface area contributed by atoms with Gasteiger partial charge < -0.3 is 10.2 Å². The first-order valence-corrected chi connectivity index (χ1v) is 4.42. The van der Waals surface area contributed by atoms with E-state index in [9.17, 15) is 0 Å². The van der Waals surface area contributed by atoms with Gasteiger partial charge in [-0.15, -0.1) is 24.8 Å². The van der Waals surface area contributed by atoms with Crippen LogP contribution in [0.2, 0.25) is 0 Å². The van der Waals surface area contributed by atoms with E-state index < -0.39 is 0 Å². The number of hydrogen-bond donors (Lipinski definition) is 1. The highest BCUT2D eigenvalue weighted by molar-refractivity contribution is 5.85. The fraction of sp³-hybridized carbons (Fsp3) is 1.00. The molecule has 1 heterocycles. The molecular formula is C9H22Cl2N2. The van der Waals surface area contributed by atoms with E-state index in [2.05, 4.69) is 38.0 Å². The van der Waals surface area contributed by atoms with Crippen molar-refractivity contribution in [3.8, 4) is 0 Å². The van der Waals surface area contributed by atoms with Crippen molar-refractivity contribution in [2.75, 3.05) is 26.7 Å². The first kappa shape index (κ1) is 15.9. The van der Waals surface area contributed by atoms with Gasteiger partial charge >= 0.3 is 0 Å². The van der Waals surface area contributed by atoms with E-state index in [1.54, 1.807) is 0 Å². The van der Waals surface area contributed by atoms with E-state index in [1.807, 2.05) is 0 Å². The molecule has 0 bridgehead atoms. The van der Waals surface area contributed by atoms with Crippen molar-refractivity contribution in [3.05, 3.63) is 0 Å². The Bertz CT molecular complexity index is 134. The molecule has 1 aliphatic heterocycles. The van der Waals surface area contributed by atoms with Crippen LogP contribution in [0.1, 0.15) is 20.8 Å². The average molecular weight is 229 g/mol. The first-order chi connectivity index (χ1) is 5.00. The summed E-state index contributed by atoms with van der Waals surface area (Å²) in [6.07, 6.45) is 0. The summed E-state index contributed by atoms with van der Waals surface area (Å²) < 4.78 is 0. The second kappa shape index (κ2) is 6.07. The van der Waals surface area contributed by atoms with Crippen LogP contribution in [-0.4, -0.2) is 37.6 Å². The summed E-state index contributed by atoms with van der Waals surface area (Å²) in [5.74, 6) is 0. The Hall–Kier alpha value is 0.500. The van der Waals surface area contributed by atoms with Crippen LogP contribution in [0.4, 0.5) is 0 Å². The average Bonchev–Trinajstić information content (AvgIpc) is 1.86. The predicted molar refractivity (Wildman–Crippen MR) is 63.2 cm³/mol. The van der Waals surface area contributed by atoms with Gasteiger partial charge in [0.05, 0.1) is 0 Å². The minimum atomic E-state index is 0. The normalized spacial score (nSPS) is 24.5.